The maximum atomic E-state index is 12.2. The van der Waals surface area contributed by atoms with Gasteiger partial charge in [0.1, 0.15) is 18.3 Å². The van der Waals surface area contributed by atoms with Gasteiger partial charge in [-0.2, -0.15) is 0 Å². The van der Waals surface area contributed by atoms with E-state index in [1.54, 1.807) is 6.92 Å². The molecule has 2 rings (SSSR count). The molecular formula is C11H12N4O4. The molecule has 0 aliphatic carbocycles. The molecule has 0 bridgehead atoms. The van der Waals surface area contributed by atoms with Crippen molar-refractivity contribution in [1.29, 1.82) is 0 Å². The lowest BCUT2D eigenvalue weighted by atomic mass is 10.1. The molecule has 0 saturated carbocycles. The second-order valence-corrected chi connectivity index (χ2v) is 4.07. The minimum atomic E-state index is -0.709. The Morgan fingerprint density at radius 3 is 2.79 bits per heavy atom. The van der Waals surface area contributed by atoms with E-state index in [1.807, 2.05) is 0 Å². The monoisotopic (exact) mass is 264 g/mol. The fourth-order valence-electron chi connectivity index (χ4n) is 1.89. The molecule has 8 heteroatoms. The van der Waals surface area contributed by atoms with E-state index in [4.69, 9.17) is 0 Å². The number of amides is 3. The molecule has 8 nitrogen and oxygen atoms in total. The Morgan fingerprint density at radius 1 is 1.47 bits per heavy atom. The quantitative estimate of drug-likeness (QED) is 0.641. The van der Waals surface area contributed by atoms with Crippen LogP contribution in [0.2, 0.25) is 0 Å². The van der Waals surface area contributed by atoms with Crippen LogP contribution in [-0.2, 0) is 9.59 Å². The molecule has 1 aromatic rings. The highest BCUT2D eigenvalue weighted by atomic mass is 16.2. The predicted molar refractivity (Wildman–Crippen MR) is 63.1 cm³/mol. The van der Waals surface area contributed by atoms with E-state index in [-0.39, 0.29) is 12.2 Å². The van der Waals surface area contributed by atoms with E-state index in [0.717, 1.165) is 17.3 Å². The molecule has 1 aromatic heterocycles. The Hall–Kier alpha value is -2.51. The number of hydrogen-bond donors (Lipinski definition) is 2. The van der Waals surface area contributed by atoms with Crippen molar-refractivity contribution in [3.63, 3.8) is 0 Å². The molecule has 1 aliphatic heterocycles. The first-order valence-electron chi connectivity index (χ1n) is 5.72. The zero-order chi connectivity index (χ0) is 14.0. The summed E-state index contributed by atoms with van der Waals surface area (Å²) < 4.78 is 0. The minimum absolute atomic E-state index is 0.0134. The maximum Gasteiger partial charge on any atom is 0.275 e. The third-order valence-corrected chi connectivity index (χ3v) is 2.79. The second kappa shape index (κ2) is 5.01. The van der Waals surface area contributed by atoms with Gasteiger partial charge in [0.2, 0.25) is 11.8 Å². The van der Waals surface area contributed by atoms with Gasteiger partial charge in [0.05, 0.1) is 6.20 Å². The zero-order valence-corrected chi connectivity index (χ0v) is 10.2. The van der Waals surface area contributed by atoms with Gasteiger partial charge in [-0.15, -0.1) is 0 Å². The summed E-state index contributed by atoms with van der Waals surface area (Å²) in [6.45, 7) is 1.53. The highest BCUT2D eigenvalue weighted by molar-refractivity contribution is 6.06. The first-order chi connectivity index (χ1) is 9.02. The number of imide groups is 1. The third-order valence-electron chi connectivity index (χ3n) is 2.79. The third kappa shape index (κ3) is 2.51. The van der Waals surface area contributed by atoms with Crippen LogP contribution in [0.5, 0.6) is 0 Å². The van der Waals surface area contributed by atoms with Gasteiger partial charge in [-0.3, -0.25) is 24.5 Å². The Morgan fingerprint density at radius 2 is 2.21 bits per heavy atom. The number of aromatic amines is 1. The van der Waals surface area contributed by atoms with Crippen LogP contribution >= 0.6 is 0 Å². The molecule has 3 amide bonds. The van der Waals surface area contributed by atoms with Crippen LogP contribution in [-0.4, -0.2) is 45.2 Å². The summed E-state index contributed by atoms with van der Waals surface area (Å²) in [6, 6.07) is -0.709. The van der Waals surface area contributed by atoms with Gasteiger partial charge < -0.3 is 9.88 Å². The summed E-state index contributed by atoms with van der Waals surface area (Å²) >= 11 is 0. The maximum absolute atomic E-state index is 12.2. The van der Waals surface area contributed by atoms with E-state index in [1.165, 1.54) is 0 Å². The molecule has 19 heavy (non-hydrogen) atoms. The molecule has 2 heterocycles. The predicted octanol–water partition coefficient (Wildman–Crippen LogP) is -1.35. The molecule has 2 N–H and O–H groups in total. The fraction of sp³-hybridized carbons (Fsp3) is 0.364. The number of hydrogen-bond acceptors (Lipinski definition) is 5. The van der Waals surface area contributed by atoms with E-state index in [9.17, 15) is 19.2 Å². The lowest BCUT2D eigenvalue weighted by molar-refractivity contribution is -0.138. The van der Waals surface area contributed by atoms with Gasteiger partial charge in [0.15, 0.2) is 0 Å². The van der Waals surface area contributed by atoms with Crippen LogP contribution in [0.15, 0.2) is 17.2 Å². The number of nitrogens with one attached hydrogen (secondary N) is 2. The van der Waals surface area contributed by atoms with Gasteiger partial charge >= 0.3 is 0 Å². The highest BCUT2D eigenvalue weighted by Gasteiger charge is 2.36. The Balaban J connectivity index is 2.29. The van der Waals surface area contributed by atoms with Crippen molar-refractivity contribution in [3.05, 3.63) is 28.4 Å². The average Bonchev–Trinajstić information content (AvgIpc) is 2.38. The summed E-state index contributed by atoms with van der Waals surface area (Å²) in [5, 5.41) is 2.18. The molecule has 0 aromatic carbocycles. The van der Waals surface area contributed by atoms with Crippen LogP contribution in [0.3, 0.4) is 0 Å². The van der Waals surface area contributed by atoms with Crippen molar-refractivity contribution >= 4 is 17.7 Å². The van der Waals surface area contributed by atoms with Crippen molar-refractivity contribution in [2.45, 2.75) is 19.4 Å². The first-order valence-corrected chi connectivity index (χ1v) is 5.72. The largest absolute Gasteiger partial charge is 0.325 e. The van der Waals surface area contributed by atoms with Gasteiger partial charge in [0, 0.05) is 6.20 Å². The van der Waals surface area contributed by atoms with Gasteiger partial charge in [-0.05, 0) is 6.42 Å². The number of aromatic nitrogens is 2. The number of H-pyrrole nitrogens is 1. The lowest BCUT2D eigenvalue weighted by Gasteiger charge is -2.32. The summed E-state index contributed by atoms with van der Waals surface area (Å²) in [6.07, 6.45) is 2.52. The zero-order valence-electron chi connectivity index (χ0n) is 10.2. The number of carbonyl (C=O) groups is 3. The fourth-order valence-corrected chi connectivity index (χ4v) is 1.89. The molecule has 1 atom stereocenters. The molecule has 0 spiro atoms. The van der Waals surface area contributed by atoms with Crippen molar-refractivity contribution in [1.82, 2.24) is 20.2 Å². The Kier molecular flexibility index (Phi) is 3.41. The topological polar surface area (TPSA) is 112 Å². The molecule has 1 aliphatic rings. The van der Waals surface area contributed by atoms with Crippen LogP contribution in [0, 0.1) is 0 Å². The van der Waals surface area contributed by atoms with Crippen molar-refractivity contribution < 1.29 is 14.4 Å². The van der Waals surface area contributed by atoms with Gasteiger partial charge in [0.25, 0.3) is 11.5 Å². The number of nitrogens with zero attached hydrogens (tertiary/aromatic N) is 2. The van der Waals surface area contributed by atoms with Crippen molar-refractivity contribution in [2.24, 2.45) is 0 Å². The smallest absolute Gasteiger partial charge is 0.275 e. The Bertz CT molecular complexity index is 574. The first kappa shape index (κ1) is 12.9. The number of rotatable bonds is 2. The van der Waals surface area contributed by atoms with E-state index >= 15 is 0 Å². The molecule has 0 radical (unpaired) electrons. The molecule has 1 saturated heterocycles. The average molecular weight is 264 g/mol. The molecular weight excluding hydrogens is 252 g/mol. The van der Waals surface area contributed by atoms with Crippen LogP contribution in [0.4, 0.5) is 0 Å². The number of carbonyl (C=O) groups excluding carboxylic acids is 3. The lowest BCUT2D eigenvalue weighted by Crippen LogP contribution is -2.59. The van der Waals surface area contributed by atoms with Gasteiger partial charge in [-0.25, -0.2) is 4.98 Å². The molecule has 1 unspecified atom stereocenters. The van der Waals surface area contributed by atoms with Crippen LogP contribution in [0.1, 0.15) is 23.8 Å². The van der Waals surface area contributed by atoms with E-state index < -0.39 is 29.3 Å². The normalized spacial score (nSPS) is 19.2. The van der Waals surface area contributed by atoms with Crippen molar-refractivity contribution in [2.75, 3.05) is 6.54 Å². The van der Waals surface area contributed by atoms with E-state index in [0.29, 0.717) is 6.42 Å². The summed E-state index contributed by atoms with van der Waals surface area (Å²) in [5.74, 6) is -1.60. The highest BCUT2D eigenvalue weighted by Crippen LogP contribution is 2.12. The van der Waals surface area contributed by atoms with E-state index in [2.05, 4.69) is 15.3 Å². The SMILES string of the molecule is CCC1C(=O)NC(=O)CN1C(=O)c1c[nH]c(=O)cn1. The van der Waals surface area contributed by atoms with Crippen LogP contribution in [0.25, 0.3) is 0 Å². The molecule has 1 fully saturated rings. The second-order valence-electron chi connectivity index (χ2n) is 4.07. The summed E-state index contributed by atoms with van der Waals surface area (Å²) in [5.41, 5.74) is -0.448. The molecule has 100 valence electrons. The van der Waals surface area contributed by atoms with Crippen LogP contribution < -0.4 is 10.9 Å². The number of piperazine rings is 1. The summed E-state index contributed by atoms with van der Waals surface area (Å²) in [7, 11) is 0. The van der Waals surface area contributed by atoms with Gasteiger partial charge in [-0.1, -0.05) is 6.92 Å². The minimum Gasteiger partial charge on any atom is -0.325 e. The summed E-state index contributed by atoms with van der Waals surface area (Å²) in [4.78, 5) is 53.2. The Labute approximate surface area is 107 Å². The van der Waals surface area contributed by atoms with Crippen molar-refractivity contribution in [3.8, 4) is 0 Å². The standard InChI is InChI=1S/C11H12N4O4/c1-2-7-10(18)14-9(17)5-15(7)11(19)6-3-13-8(16)4-12-6/h3-4,7H,2,5H2,1H3,(H,13,16)(H,14,17,18).